The van der Waals surface area contributed by atoms with Crippen molar-refractivity contribution in [3.63, 3.8) is 0 Å². The van der Waals surface area contributed by atoms with Crippen LogP contribution < -0.4 is 5.32 Å². The first kappa shape index (κ1) is 15.2. The predicted molar refractivity (Wildman–Crippen MR) is 87.1 cm³/mol. The van der Waals surface area contributed by atoms with Crippen LogP contribution in [0.25, 0.3) is 11.5 Å². The van der Waals surface area contributed by atoms with Crippen molar-refractivity contribution in [1.29, 1.82) is 0 Å². The van der Waals surface area contributed by atoms with Crippen molar-refractivity contribution in [2.24, 2.45) is 0 Å². The van der Waals surface area contributed by atoms with Crippen LogP contribution in [0.2, 0.25) is 5.02 Å². The van der Waals surface area contributed by atoms with Crippen LogP contribution in [-0.2, 0) is 6.54 Å². The minimum Gasteiger partial charge on any atom is -0.419 e. The van der Waals surface area contributed by atoms with Crippen LogP contribution in [-0.4, -0.2) is 16.1 Å². The molecule has 0 fully saturated rings. The van der Waals surface area contributed by atoms with Gasteiger partial charge in [0.2, 0.25) is 11.8 Å². The molecule has 0 aliphatic rings. The number of nitrogens with zero attached hydrogens (tertiary/aromatic N) is 2. The van der Waals surface area contributed by atoms with Crippen LogP contribution in [0, 0.1) is 6.92 Å². The number of amides is 1. The summed E-state index contributed by atoms with van der Waals surface area (Å²) in [5.41, 5.74) is 2.44. The summed E-state index contributed by atoms with van der Waals surface area (Å²) < 4.78 is 5.57. The van der Waals surface area contributed by atoms with Gasteiger partial charge in [-0.3, -0.25) is 4.79 Å². The molecule has 1 N–H and O–H groups in total. The highest BCUT2D eigenvalue weighted by atomic mass is 35.5. The van der Waals surface area contributed by atoms with Gasteiger partial charge in [0, 0.05) is 16.1 Å². The third-order valence-electron chi connectivity index (χ3n) is 3.22. The van der Waals surface area contributed by atoms with Gasteiger partial charge < -0.3 is 9.73 Å². The maximum atomic E-state index is 12.0. The number of carbonyl (C=O) groups excluding carboxylic acids is 1. The molecule has 2 aromatic carbocycles. The van der Waals surface area contributed by atoms with E-state index in [9.17, 15) is 4.79 Å². The summed E-state index contributed by atoms with van der Waals surface area (Å²) in [6, 6.07) is 14.5. The molecule has 0 saturated carbocycles. The smallest absolute Gasteiger partial charge is 0.251 e. The lowest BCUT2D eigenvalue weighted by Crippen LogP contribution is -2.22. The van der Waals surface area contributed by atoms with Crippen LogP contribution in [0.4, 0.5) is 0 Å². The number of carbonyl (C=O) groups is 1. The van der Waals surface area contributed by atoms with Crippen LogP contribution in [0.3, 0.4) is 0 Å². The van der Waals surface area contributed by atoms with E-state index in [4.69, 9.17) is 16.0 Å². The summed E-state index contributed by atoms with van der Waals surface area (Å²) in [5, 5.41) is 11.2. The number of hydrogen-bond donors (Lipinski definition) is 1. The zero-order valence-corrected chi connectivity index (χ0v) is 13.2. The Kier molecular flexibility index (Phi) is 4.39. The van der Waals surface area contributed by atoms with Gasteiger partial charge in [0.05, 0.1) is 6.54 Å². The number of aromatic nitrogens is 2. The van der Waals surface area contributed by atoms with Gasteiger partial charge >= 0.3 is 0 Å². The highest BCUT2D eigenvalue weighted by Crippen LogP contribution is 2.18. The minimum absolute atomic E-state index is 0.157. The molecule has 0 aliphatic carbocycles. The second-order valence-corrected chi connectivity index (χ2v) is 5.50. The molecular formula is C17H14ClN3O2. The molecule has 3 rings (SSSR count). The number of halogens is 1. The standard InChI is InChI=1S/C17H14ClN3O2/c1-11-4-2-6-13(8-11)17-21-20-15(23-17)10-19-16(22)12-5-3-7-14(18)9-12/h2-9H,10H2,1H3,(H,19,22). The fraction of sp³-hybridized carbons (Fsp3) is 0.118. The lowest BCUT2D eigenvalue weighted by molar-refractivity contribution is 0.0947. The number of rotatable bonds is 4. The number of hydrogen-bond acceptors (Lipinski definition) is 4. The van der Waals surface area contributed by atoms with E-state index in [-0.39, 0.29) is 12.5 Å². The zero-order chi connectivity index (χ0) is 16.2. The predicted octanol–water partition coefficient (Wildman–Crippen LogP) is 3.63. The third-order valence-corrected chi connectivity index (χ3v) is 3.45. The second kappa shape index (κ2) is 6.62. The Labute approximate surface area is 138 Å². The number of aryl methyl sites for hydroxylation is 1. The average molecular weight is 328 g/mol. The van der Waals surface area contributed by atoms with Crippen molar-refractivity contribution in [1.82, 2.24) is 15.5 Å². The SMILES string of the molecule is Cc1cccc(-c2nnc(CNC(=O)c3cccc(Cl)c3)o2)c1. The molecule has 0 saturated heterocycles. The summed E-state index contributed by atoms with van der Waals surface area (Å²) >= 11 is 5.87. The van der Waals surface area contributed by atoms with Gasteiger partial charge in [-0.05, 0) is 37.3 Å². The van der Waals surface area contributed by atoms with E-state index in [1.807, 2.05) is 31.2 Å². The summed E-state index contributed by atoms with van der Waals surface area (Å²) in [4.78, 5) is 12.0. The molecule has 1 heterocycles. The Hall–Kier alpha value is -2.66. The Morgan fingerprint density at radius 3 is 2.78 bits per heavy atom. The van der Waals surface area contributed by atoms with E-state index in [1.165, 1.54) is 0 Å². The number of nitrogens with one attached hydrogen (secondary N) is 1. The first-order chi connectivity index (χ1) is 11.1. The normalized spacial score (nSPS) is 10.5. The zero-order valence-electron chi connectivity index (χ0n) is 12.4. The van der Waals surface area contributed by atoms with E-state index >= 15 is 0 Å². The summed E-state index contributed by atoms with van der Waals surface area (Å²) in [7, 11) is 0. The fourth-order valence-electron chi connectivity index (χ4n) is 2.11. The summed E-state index contributed by atoms with van der Waals surface area (Å²) in [6.45, 7) is 2.15. The molecule has 5 nitrogen and oxygen atoms in total. The van der Waals surface area contributed by atoms with Crippen LogP contribution in [0.5, 0.6) is 0 Å². The van der Waals surface area contributed by atoms with Crippen LogP contribution >= 0.6 is 11.6 Å². The van der Waals surface area contributed by atoms with E-state index < -0.39 is 0 Å². The van der Waals surface area contributed by atoms with Gasteiger partial charge in [-0.15, -0.1) is 10.2 Å². The summed E-state index contributed by atoms with van der Waals surface area (Å²) in [6.07, 6.45) is 0. The Balaban J connectivity index is 1.67. The first-order valence-electron chi connectivity index (χ1n) is 7.05. The lowest BCUT2D eigenvalue weighted by Gasteiger charge is -2.02. The first-order valence-corrected chi connectivity index (χ1v) is 7.43. The number of benzene rings is 2. The minimum atomic E-state index is -0.247. The lowest BCUT2D eigenvalue weighted by atomic mass is 10.1. The molecule has 0 radical (unpaired) electrons. The third kappa shape index (κ3) is 3.76. The monoisotopic (exact) mass is 327 g/mol. The van der Waals surface area contributed by atoms with E-state index in [1.54, 1.807) is 24.3 Å². The molecule has 0 aliphatic heterocycles. The second-order valence-electron chi connectivity index (χ2n) is 5.06. The fourth-order valence-corrected chi connectivity index (χ4v) is 2.30. The highest BCUT2D eigenvalue weighted by molar-refractivity contribution is 6.30. The molecule has 0 atom stereocenters. The van der Waals surface area contributed by atoms with Crippen molar-refractivity contribution in [3.05, 3.63) is 70.6 Å². The van der Waals surface area contributed by atoms with E-state index in [2.05, 4.69) is 15.5 Å². The topological polar surface area (TPSA) is 68.0 Å². The molecule has 1 aromatic heterocycles. The van der Waals surface area contributed by atoms with Crippen LogP contribution in [0.15, 0.2) is 52.9 Å². The van der Waals surface area contributed by atoms with Crippen LogP contribution in [0.1, 0.15) is 21.8 Å². The Morgan fingerprint density at radius 1 is 1.17 bits per heavy atom. The molecule has 0 unspecified atom stereocenters. The molecule has 3 aromatic rings. The van der Waals surface area contributed by atoms with Crippen molar-refractivity contribution in [3.8, 4) is 11.5 Å². The molecule has 6 heteroatoms. The van der Waals surface area contributed by atoms with E-state index in [0.717, 1.165) is 11.1 Å². The molecule has 0 spiro atoms. The van der Waals surface area contributed by atoms with Gasteiger partial charge in [-0.2, -0.15) is 0 Å². The maximum Gasteiger partial charge on any atom is 0.251 e. The van der Waals surface area contributed by atoms with Crippen molar-refractivity contribution >= 4 is 17.5 Å². The largest absolute Gasteiger partial charge is 0.419 e. The van der Waals surface area contributed by atoms with Gasteiger partial charge in [-0.1, -0.05) is 35.4 Å². The maximum absolute atomic E-state index is 12.0. The van der Waals surface area contributed by atoms with Crippen molar-refractivity contribution < 1.29 is 9.21 Å². The molecule has 1 amide bonds. The molecule has 116 valence electrons. The Morgan fingerprint density at radius 2 is 2.00 bits per heavy atom. The summed E-state index contributed by atoms with van der Waals surface area (Å²) in [5.74, 6) is 0.528. The van der Waals surface area contributed by atoms with Gasteiger partial charge in [-0.25, -0.2) is 0 Å². The van der Waals surface area contributed by atoms with Crippen molar-refractivity contribution in [2.75, 3.05) is 0 Å². The quantitative estimate of drug-likeness (QED) is 0.794. The molecular weight excluding hydrogens is 314 g/mol. The van der Waals surface area contributed by atoms with Gasteiger partial charge in [0.25, 0.3) is 5.91 Å². The van der Waals surface area contributed by atoms with Gasteiger partial charge in [0.15, 0.2) is 0 Å². The molecule has 23 heavy (non-hydrogen) atoms. The Bertz CT molecular complexity index is 845. The van der Waals surface area contributed by atoms with E-state index in [0.29, 0.717) is 22.4 Å². The molecule has 0 bridgehead atoms. The van der Waals surface area contributed by atoms with Crippen molar-refractivity contribution in [2.45, 2.75) is 13.5 Å². The highest BCUT2D eigenvalue weighted by Gasteiger charge is 2.11. The average Bonchev–Trinajstić information content (AvgIpc) is 3.01. The van der Waals surface area contributed by atoms with Gasteiger partial charge in [0.1, 0.15) is 0 Å².